The third kappa shape index (κ3) is 6.95. The number of hydrogen-bond donors (Lipinski definition) is 2. The maximum absolute atomic E-state index is 12.4. The minimum absolute atomic E-state index is 0.246. The molecule has 2 atom stereocenters. The van der Waals surface area contributed by atoms with Crippen molar-refractivity contribution in [1.82, 2.24) is 4.90 Å². The molecule has 3 rings (SSSR count). The molecule has 1 aliphatic heterocycles. The van der Waals surface area contributed by atoms with Gasteiger partial charge in [0.25, 0.3) is 0 Å². The molecule has 1 unspecified atom stereocenters. The molecule has 3 N–H and O–H groups in total. The van der Waals surface area contributed by atoms with E-state index < -0.39 is 11.3 Å². The van der Waals surface area contributed by atoms with E-state index in [4.69, 9.17) is 22.1 Å². The normalized spacial score (nSPS) is 18.6. The van der Waals surface area contributed by atoms with E-state index in [1.165, 1.54) is 0 Å². The van der Waals surface area contributed by atoms with Crippen LogP contribution in [0.25, 0.3) is 11.1 Å². The van der Waals surface area contributed by atoms with Gasteiger partial charge in [-0.2, -0.15) is 0 Å². The Hall–Kier alpha value is -2.08. The van der Waals surface area contributed by atoms with Crippen LogP contribution in [0.3, 0.4) is 0 Å². The number of benzene rings is 2. The van der Waals surface area contributed by atoms with Crippen molar-refractivity contribution < 1.29 is 14.6 Å². The second-order valence-electron chi connectivity index (χ2n) is 10.3. The maximum Gasteiger partial charge on any atom is 0.410 e. The lowest BCUT2D eigenvalue weighted by molar-refractivity contribution is 0.0132. The first-order valence-corrected chi connectivity index (χ1v) is 12.2. The predicted octanol–water partition coefficient (Wildman–Crippen LogP) is 6.24. The first kappa shape index (κ1) is 25.5. The molecule has 0 aliphatic carbocycles. The van der Waals surface area contributed by atoms with Gasteiger partial charge in [0.05, 0.1) is 0 Å². The van der Waals surface area contributed by atoms with E-state index in [2.05, 4.69) is 0 Å². The third-order valence-electron chi connectivity index (χ3n) is 6.13. The fraction of sp³-hybridized carbons (Fsp3) is 0.519. The smallest absolute Gasteiger partial charge is 0.410 e. The Balaban J connectivity index is 1.65. The Morgan fingerprint density at radius 1 is 1.24 bits per heavy atom. The van der Waals surface area contributed by atoms with Crippen molar-refractivity contribution in [2.75, 3.05) is 13.1 Å². The number of carbonyl (C=O) groups is 1. The van der Waals surface area contributed by atoms with Crippen molar-refractivity contribution in [3.63, 3.8) is 0 Å². The lowest BCUT2D eigenvalue weighted by Gasteiger charge is -2.34. The van der Waals surface area contributed by atoms with Crippen LogP contribution in [0.2, 0.25) is 5.02 Å². The predicted molar refractivity (Wildman–Crippen MR) is 134 cm³/mol. The summed E-state index contributed by atoms with van der Waals surface area (Å²) in [6, 6.07) is 13.6. The monoisotopic (exact) mass is 472 g/mol. The first-order valence-electron chi connectivity index (χ1n) is 11.8. The molecular formula is C27H37ClN2O3. The van der Waals surface area contributed by atoms with Gasteiger partial charge in [0, 0.05) is 29.2 Å². The quantitative estimate of drug-likeness (QED) is 0.488. The molecule has 2 aromatic rings. The Labute approximate surface area is 202 Å². The van der Waals surface area contributed by atoms with Crippen molar-refractivity contribution in [3.8, 4) is 11.1 Å². The highest BCUT2D eigenvalue weighted by molar-refractivity contribution is 6.33. The minimum Gasteiger partial charge on any atom is -0.444 e. The number of ether oxygens (including phenoxy) is 1. The number of nitrogens with zero attached hydrogens (tertiary/aromatic N) is 1. The Morgan fingerprint density at radius 2 is 1.97 bits per heavy atom. The van der Waals surface area contributed by atoms with E-state index in [0.717, 1.165) is 48.9 Å². The van der Waals surface area contributed by atoms with Gasteiger partial charge in [0.2, 0.25) is 0 Å². The van der Waals surface area contributed by atoms with Crippen molar-refractivity contribution in [1.29, 1.82) is 0 Å². The molecule has 5 nitrogen and oxygen atoms in total. The molecule has 1 saturated heterocycles. The van der Waals surface area contributed by atoms with Crippen LogP contribution in [0.4, 0.5) is 4.79 Å². The molecule has 2 aromatic carbocycles. The summed E-state index contributed by atoms with van der Waals surface area (Å²) in [6.07, 6.45) is 3.83. The van der Waals surface area contributed by atoms with Gasteiger partial charge in [0.1, 0.15) is 11.3 Å². The third-order valence-corrected chi connectivity index (χ3v) is 6.44. The van der Waals surface area contributed by atoms with E-state index in [0.29, 0.717) is 29.5 Å². The number of likely N-dealkylation sites (tertiary alicyclic amines) is 1. The highest BCUT2D eigenvalue weighted by Crippen LogP contribution is 2.38. The summed E-state index contributed by atoms with van der Waals surface area (Å²) in [5.41, 5.74) is 7.94. The van der Waals surface area contributed by atoms with Crippen molar-refractivity contribution in [2.45, 2.75) is 71.1 Å². The van der Waals surface area contributed by atoms with Crippen molar-refractivity contribution >= 4 is 17.7 Å². The van der Waals surface area contributed by atoms with Gasteiger partial charge in [-0.3, -0.25) is 5.73 Å². The van der Waals surface area contributed by atoms with Gasteiger partial charge in [-0.05, 0) is 77.3 Å². The van der Waals surface area contributed by atoms with Gasteiger partial charge < -0.3 is 14.7 Å². The first-order chi connectivity index (χ1) is 15.5. The number of amides is 1. The molecule has 1 aliphatic rings. The number of rotatable bonds is 6. The number of carbonyl (C=O) groups excluding carboxylic acids is 1. The second-order valence-corrected chi connectivity index (χ2v) is 10.7. The summed E-state index contributed by atoms with van der Waals surface area (Å²) >= 11 is 6.55. The topological polar surface area (TPSA) is 75.8 Å². The molecule has 1 amide bonds. The van der Waals surface area contributed by atoms with Crippen molar-refractivity contribution in [2.24, 2.45) is 11.7 Å². The molecule has 0 radical (unpaired) electrons. The molecular weight excluding hydrogens is 436 g/mol. The Morgan fingerprint density at radius 3 is 2.67 bits per heavy atom. The average Bonchev–Trinajstić information content (AvgIpc) is 2.72. The van der Waals surface area contributed by atoms with Gasteiger partial charge >= 0.3 is 6.09 Å². The van der Waals surface area contributed by atoms with Crippen LogP contribution in [0.5, 0.6) is 0 Å². The number of nitrogens with two attached hydrogens (primary N) is 1. The zero-order valence-corrected chi connectivity index (χ0v) is 21.0. The summed E-state index contributed by atoms with van der Waals surface area (Å²) < 4.78 is 5.53. The molecule has 0 spiro atoms. The van der Waals surface area contributed by atoms with E-state index in [1.807, 2.05) is 70.2 Å². The number of halogens is 1. The van der Waals surface area contributed by atoms with E-state index >= 15 is 0 Å². The lowest BCUT2D eigenvalue weighted by Crippen LogP contribution is -2.43. The fourth-order valence-corrected chi connectivity index (χ4v) is 4.85. The van der Waals surface area contributed by atoms with Crippen LogP contribution in [0, 0.1) is 12.8 Å². The van der Waals surface area contributed by atoms with E-state index in [9.17, 15) is 9.90 Å². The fourth-order valence-electron chi connectivity index (χ4n) is 4.57. The van der Waals surface area contributed by atoms with E-state index in [-0.39, 0.29) is 6.09 Å². The summed E-state index contributed by atoms with van der Waals surface area (Å²) in [4.78, 5) is 14.2. The van der Waals surface area contributed by atoms with Crippen molar-refractivity contribution in [3.05, 3.63) is 58.6 Å². The molecule has 1 heterocycles. The molecule has 0 bridgehead atoms. The lowest BCUT2D eigenvalue weighted by atomic mass is 9.87. The van der Waals surface area contributed by atoms with Crippen LogP contribution >= 0.6 is 11.6 Å². The zero-order chi connectivity index (χ0) is 24.2. The summed E-state index contributed by atoms with van der Waals surface area (Å²) in [7, 11) is 0. The van der Waals surface area contributed by atoms with E-state index in [1.54, 1.807) is 4.90 Å². The highest BCUT2D eigenvalue weighted by atomic mass is 35.5. The van der Waals surface area contributed by atoms with Crippen LogP contribution in [0.1, 0.15) is 64.0 Å². The number of piperidine rings is 1. The summed E-state index contributed by atoms with van der Waals surface area (Å²) in [5.74, 6) is 0.373. The van der Waals surface area contributed by atoms with Crippen LogP contribution in [0.15, 0.2) is 42.5 Å². The average molecular weight is 473 g/mol. The molecule has 180 valence electrons. The second kappa shape index (κ2) is 10.5. The zero-order valence-electron chi connectivity index (χ0n) is 20.2. The maximum atomic E-state index is 12.4. The van der Waals surface area contributed by atoms with Gasteiger partial charge in [-0.15, -0.1) is 0 Å². The largest absolute Gasteiger partial charge is 0.444 e. The molecule has 33 heavy (non-hydrogen) atoms. The van der Waals surface area contributed by atoms with Gasteiger partial charge in [-0.25, -0.2) is 4.79 Å². The van der Waals surface area contributed by atoms with Crippen LogP contribution < -0.4 is 5.73 Å². The standard InChI is InChI=1S/C27H37ClN2O3/c1-19-9-5-12-21(17-19)24-22(13-6-14-23(24)28)27(29,32)15-7-10-20-11-8-16-30(18-20)25(31)33-26(2,3)4/h5-6,9,12-14,17,20,32H,7-8,10-11,15-16,18,29H2,1-4H3/t20?,27-/m0/s1. The highest BCUT2D eigenvalue weighted by Gasteiger charge is 2.30. The number of aryl methyl sites for hydroxylation is 1. The number of aliphatic hydroxyl groups is 1. The van der Waals surface area contributed by atoms with Crippen LogP contribution in [-0.4, -0.2) is 34.8 Å². The minimum atomic E-state index is -1.50. The van der Waals surface area contributed by atoms with Crippen LogP contribution in [-0.2, 0) is 10.5 Å². The number of hydrogen-bond acceptors (Lipinski definition) is 4. The SMILES string of the molecule is Cc1cccc(-c2c(Cl)cccc2[C@@](N)(O)CCCC2CCCN(C(=O)OC(C)(C)C)C2)c1. The summed E-state index contributed by atoms with van der Waals surface area (Å²) in [6.45, 7) is 9.09. The van der Waals surface area contributed by atoms with Gasteiger partial charge in [-0.1, -0.05) is 53.6 Å². The molecule has 1 fully saturated rings. The molecule has 6 heteroatoms. The molecule has 0 aromatic heterocycles. The molecule has 0 saturated carbocycles. The summed E-state index contributed by atoms with van der Waals surface area (Å²) in [5, 5.41) is 11.8. The Bertz CT molecular complexity index is 968. The van der Waals surface area contributed by atoms with Gasteiger partial charge in [0.15, 0.2) is 0 Å². The Kier molecular flexibility index (Phi) is 8.09.